The van der Waals surface area contributed by atoms with E-state index in [4.69, 9.17) is 5.73 Å². The van der Waals surface area contributed by atoms with Crippen LogP contribution in [0.15, 0.2) is 41.8 Å². The largest absolute Gasteiger partial charge is 0.370 e. The summed E-state index contributed by atoms with van der Waals surface area (Å²) in [6.45, 7) is 6.11. The van der Waals surface area contributed by atoms with Gasteiger partial charge in [-0.3, -0.25) is 0 Å². The van der Waals surface area contributed by atoms with Crippen LogP contribution in [0.5, 0.6) is 0 Å². The van der Waals surface area contributed by atoms with Crippen LogP contribution in [0.4, 0.5) is 5.69 Å². The van der Waals surface area contributed by atoms with Crippen LogP contribution in [-0.4, -0.2) is 13.1 Å². The van der Waals surface area contributed by atoms with Crippen molar-refractivity contribution in [2.24, 2.45) is 5.73 Å². The second-order valence-electron chi connectivity index (χ2n) is 4.50. The molecule has 18 heavy (non-hydrogen) atoms. The Balaban J connectivity index is 2.07. The topological polar surface area (TPSA) is 29.3 Å². The second kappa shape index (κ2) is 6.03. The van der Waals surface area contributed by atoms with Gasteiger partial charge in [0.15, 0.2) is 0 Å². The summed E-state index contributed by atoms with van der Waals surface area (Å²) >= 11 is 1.73. The molecule has 2 rings (SSSR count). The lowest BCUT2D eigenvalue weighted by Gasteiger charge is -2.26. The van der Waals surface area contributed by atoms with Crippen molar-refractivity contribution >= 4 is 17.0 Å². The zero-order chi connectivity index (χ0) is 13.0. The van der Waals surface area contributed by atoms with E-state index in [0.29, 0.717) is 0 Å². The summed E-state index contributed by atoms with van der Waals surface area (Å²) in [6, 6.07) is 12.9. The highest BCUT2D eigenvalue weighted by Crippen LogP contribution is 2.21. The predicted molar refractivity (Wildman–Crippen MR) is 80.3 cm³/mol. The fourth-order valence-corrected chi connectivity index (χ4v) is 2.72. The molecule has 0 amide bonds. The minimum Gasteiger partial charge on any atom is -0.370 e. The van der Waals surface area contributed by atoms with Crippen LogP contribution >= 0.6 is 11.3 Å². The molecule has 2 aromatic rings. The Bertz CT molecular complexity index is 462. The Kier molecular flexibility index (Phi) is 4.39. The molecule has 3 heteroatoms. The van der Waals surface area contributed by atoms with Gasteiger partial charge < -0.3 is 10.6 Å². The minimum atomic E-state index is 0.0891. The van der Waals surface area contributed by atoms with Gasteiger partial charge in [0.2, 0.25) is 0 Å². The smallest absolute Gasteiger partial charge is 0.0567 e. The number of nitrogens with two attached hydrogens (primary N) is 1. The molecule has 2 nitrogen and oxygen atoms in total. The van der Waals surface area contributed by atoms with Gasteiger partial charge in [-0.25, -0.2) is 0 Å². The third-order valence-electron chi connectivity index (χ3n) is 3.11. The molecular formula is C15H20N2S. The molecule has 0 aliphatic rings. The zero-order valence-electron chi connectivity index (χ0n) is 11.0. The van der Waals surface area contributed by atoms with Crippen molar-refractivity contribution in [1.82, 2.24) is 0 Å². The van der Waals surface area contributed by atoms with Gasteiger partial charge in [-0.2, -0.15) is 0 Å². The number of hydrogen-bond donors (Lipinski definition) is 1. The number of thiophene rings is 1. The normalized spacial score (nSPS) is 12.4. The Labute approximate surface area is 113 Å². The van der Waals surface area contributed by atoms with E-state index in [1.807, 2.05) is 0 Å². The maximum absolute atomic E-state index is 6.25. The Morgan fingerprint density at radius 2 is 1.94 bits per heavy atom. The van der Waals surface area contributed by atoms with E-state index >= 15 is 0 Å². The molecular weight excluding hydrogens is 240 g/mol. The van der Waals surface area contributed by atoms with E-state index in [1.165, 1.54) is 16.1 Å². The number of nitrogens with zero attached hydrogens (tertiary/aromatic N) is 1. The van der Waals surface area contributed by atoms with Crippen molar-refractivity contribution in [3.8, 4) is 0 Å². The summed E-state index contributed by atoms with van der Waals surface area (Å²) in [5, 5.41) is 2.08. The summed E-state index contributed by atoms with van der Waals surface area (Å²) in [6.07, 6.45) is 0. The number of anilines is 1. The maximum Gasteiger partial charge on any atom is 0.0567 e. The van der Waals surface area contributed by atoms with Gasteiger partial charge in [0.05, 0.1) is 6.04 Å². The molecule has 2 N–H and O–H groups in total. The highest BCUT2D eigenvalue weighted by molar-refractivity contribution is 7.10. The maximum atomic E-state index is 6.25. The van der Waals surface area contributed by atoms with Crippen LogP contribution in [0.1, 0.15) is 23.4 Å². The molecule has 1 aromatic carbocycles. The van der Waals surface area contributed by atoms with Crippen molar-refractivity contribution in [2.45, 2.75) is 19.9 Å². The van der Waals surface area contributed by atoms with Gasteiger partial charge in [0, 0.05) is 23.7 Å². The Morgan fingerprint density at radius 1 is 1.22 bits per heavy atom. The number of rotatable bonds is 5. The van der Waals surface area contributed by atoms with Crippen LogP contribution in [0.3, 0.4) is 0 Å². The van der Waals surface area contributed by atoms with Crippen molar-refractivity contribution in [3.05, 3.63) is 52.2 Å². The van der Waals surface area contributed by atoms with Gasteiger partial charge in [-0.05, 0) is 37.4 Å². The average Bonchev–Trinajstić information content (AvgIpc) is 2.91. The third-order valence-corrected chi connectivity index (χ3v) is 4.11. The van der Waals surface area contributed by atoms with E-state index in [0.717, 1.165) is 13.1 Å². The molecule has 0 fully saturated rings. The predicted octanol–water partition coefficient (Wildman–Crippen LogP) is 3.58. The molecule has 0 bridgehead atoms. The summed E-state index contributed by atoms with van der Waals surface area (Å²) in [5.41, 5.74) is 8.79. The zero-order valence-corrected chi connectivity index (χ0v) is 11.8. The van der Waals surface area contributed by atoms with Crippen molar-refractivity contribution in [3.63, 3.8) is 0 Å². The molecule has 1 atom stereocenters. The molecule has 0 saturated carbocycles. The van der Waals surface area contributed by atoms with Crippen LogP contribution in [0.25, 0.3) is 0 Å². The van der Waals surface area contributed by atoms with E-state index in [9.17, 15) is 0 Å². The summed E-state index contributed by atoms with van der Waals surface area (Å²) in [7, 11) is 0. The lowest BCUT2D eigenvalue weighted by Crippen LogP contribution is -2.31. The first-order valence-corrected chi connectivity index (χ1v) is 7.19. The lowest BCUT2D eigenvalue weighted by atomic mass is 10.2. The first kappa shape index (κ1) is 13.1. The quantitative estimate of drug-likeness (QED) is 0.890. The summed E-state index contributed by atoms with van der Waals surface area (Å²) in [4.78, 5) is 3.57. The third kappa shape index (κ3) is 3.12. The monoisotopic (exact) mass is 260 g/mol. The number of likely N-dealkylation sites (N-methyl/N-ethyl adjacent to an activating group) is 1. The minimum absolute atomic E-state index is 0.0891. The van der Waals surface area contributed by atoms with Crippen molar-refractivity contribution < 1.29 is 0 Å². The van der Waals surface area contributed by atoms with Gasteiger partial charge in [-0.1, -0.05) is 23.8 Å². The average molecular weight is 260 g/mol. The van der Waals surface area contributed by atoms with E-state index in [-0.39, 0.29) is 6.04 Å². The number of benzene rings is 1. The van der Waals surface area contributed by atoms with Gasteiger partial charge in [-0.15, -0.1) is 11.3 Å². The van der Waals surface area contributed by atoms with Gasteiger partial charge in [0.1, 0.15) is 0 Å². The van der Waals surface area contributed by atoms with Crippen molar-refractivity contribution in [2.75, 3.05) is 18.0 Å². The Morgan fingerprint density at radius 3 is 2.50 bits per heavy atom. The van der Waals surface area contributed by atoms with E-state index in [1.54, 1.807) is 11.3 Å². The van der Waals surface area contributed by atoms with Gasteiger partial charge >= 0.3 is 0 Å². The lowest BCUT2D eigenvalue weighted by molar-refractivity contribution is 0.687. The molecule has 0 aliphatic carbocycles. The van der Waals surface area contributed by atoms with Crippen LogP contribution in [0, 0.1) is 6.92 Å². The number of hydrogen-bond acceptors (Lipinski definition) is 3. The van der Waals surface area contributed by atoms with E-state index < -0.39 is 0 Å². The Hall–Kier alpha value is -1.32. The molecule has 1 heterocycles. The number of aryl methyl sites for hydroxylation is 1. The molecule has 1 unspecified atom stereocenters. The molecule has 1 aromatic heterocycles. The summed E-state index contributed by atoms with van der Waals surface area (Å²) in [5.74, 6) is 0. The van der Waals surface area contributed by atoms with Crippen LogP contribution in [0.2, 0.25) is 0 Å². The molecule has 0 aliphatic heterocycles. The van der Waals surface area contributed by atoms with Crippen LogP contribution < -0.4 is 10.6 Å². The van der Waals surface area contributed by atoms with Gasteiger partial charge in [0.25, 0.3) is 0 Å². The molecule has 0 radical (unpaired) electrons. The fraction of sp³-hybridized carbons (Fsp3) is 0.333. The van der Waals surface area contributed by atoms with E-state index in [2.05, 4.69) is 60.5 Å². The first-order valence-electron chi connectivity index (χ1n) is 6.31. The first-order chi connectivity index (χ1) is 8.70. The van der Waals surface area contributed by atoms with Crippen LogP contribution in [-0.2, 0) is 0 Å². The SMILES string of the molecule is CCN(CC(N)c1cccs1)c1ccc(C)cc1. The molecule has 0 saturated heterocycles. The standard InChI is InChI=1S/C15H20N2S/c1-3-17(13-8-6-12(2)7-9-13)11-14(16)15-5-4-10-18-15/h4-10,14H,3,11,16H2,1-2H3. The highest BCUT2D eigenvalue weighted by Gasteiger charge is 2.12. The fourth-order valence-electron chi connectivity index (χ4n) is 2.00. The summed E-state index contributed by atoms with van der Waals surface area (Å²) < 4.78 is 0. The molecule has 0 spiro atoms. The molecule has 96 valence electrons. The van der Waals surface area contributed by atoms with Crippen molar-refractivity contribution in [1.29, 1.82) is 0 Å². The highest BCUT2D eigenvalue weighted by atomic mass is 32.1. The second-order valence-corrected chi connectivity index (χ2v) is 5.48.